The van der Waals surface area contributed by atoms with Crippen molar-refractivity contribution in [1.82, 2.24) is 10.2 Å². The van der Waals surface area contributed by atoms with Gasteiger partial charge in [-0.25, -0.2) is 0 Å². The van der Waals surface area contributed by atoms with Crippen LogP contribution in [-0.2, 0) is 0 Å². The summed E-state index contributed by atoms with van der Waals surface area (Å²) in [7, 11) is 0. The van der Waals surface area contributed by atoms with E-state index >= 15 is 0 Å². The molecular formula is C19H32N2. The van der Waals surface area contributed by atoms with Crippen LogP contribution in [-0.4, -0.2) is 36.6 Å². The Morgan fingerprint density at radius 1 is 1.24 bits per heavy atom. The molecule has 0 radical (unpaired) electrons. The van der Waals surface area contributed by atoms with Gasteiger partial charge in [-0.1, -0.05) is 51.1 Å². The van der Waals surface area contributed by atoms with Crippen LogP contribution in [0.1, 0.15) is 52.0 Å². The summed E-state index contributed by atoms with van der Waals surface area (Å²) in [5.41, 5.74) is 1.46. The summed E-state index contributed by atoms with van der Waals surface area (Å²) in [6, 6.07) is 12.3. The van der Waals surface area contributed by atoms with Crippen molar-refractivity contribution in [3.63, 3.8) is 0 Å². The van der Waals surface area contributed by atoms with Crippen LogP contribution in [0.15, 0.2) is 30.3 Å². The third kappa shape index (κ3) is 4.31. The first kappa shape index (κ1) is 16.5. The predicted octanol–water partition coefficient (Wildman–Crippen LogP) is 3.89. The Kier molecular flexibility index (Phi) is 6.25. The van der Waals surface area contributed by atoms with Gasteiger partial charge in [0.15, 0.2) is 0 Å². The van der Waals surface area contributed by atoms with Crippen molar-refractivity contribution < 1.29 is 0 Å². The zero-order chi connectivity index (χ0) is 15.2. The van der Waals surface area contributed by atoms with Gasteiger partial charge in [0, 0.05) is 18.6 Å². The maximum absolute atomic E-state index is 3.73. The minimum atomic E-state index is 0.612. The van der Waals surface area contributed by atoms with E-state index in [9.17, 15) is 0 Å². The monoisotopic (exact) mass is 288 g/mol. The molecule has 0 amide bonds. The molecule has 0 saturated carbocycles. The number of hydrogen-bond donors (Lipinski definition) is 1. The van der Waals surface area contributed by atoms with Crippen LogP contribution < -0.4 is 5.32 Å². The van der Waals surface area contributed by atoms with E-state index in [1.54, 1.807) is 0 Å². The molecule has 2 rings (SSSR count). The molecule has 1 saturated heterocycles. The molecule has 2 nitrogen and oxygen atoms in total. The summed E-state index contributed by atoms with van der Waals surface area (Å²) in [4.78, 5) is 2.69. The fourth-order valence-corrected chi connectivity index (χ4v) is 3.55. The second-order valence-corrected chi connectivity index (χ2v) is 6.76. The molecule has 1 aliphatic rings. The second kappa shape index (κ2) is 7.95. The van der Waals surface area contributed by atoms with Gasteiger partial charge in [0.25, 0.3) is 0 Å². The number of nitrogens with one attached hydrogen (secondary N) is 1. The highest BCUT2D eigenvalue weighted by atomic mass is 15.2. The summed E-state index contributed by atoms with van der Waals surface area (Å²) in [6.07, 6.45) is 2.51. The molecule has 1 aromatic rings. The highest BCUT2D eigenvalue weighted by Crippen LogP contribution is 2.26. The second-order valence-electron chi connectivity index (χ2n) is 6.76. The lowest BCUT2D eigenvalue weighted by molar-refractivity contribution is 0.0805. The molecule has 1 aliphatic heterocycles. The van der Waals surface area contributed by atoms with Crippen LogP contribution in [0, 0.1) is 5.92 Å². The largest absolute Gasteiger partial charge is 0.314 e. The molecule has 21 heavy (non-hydrogen) atoms. The molecule has 4 unspecified atom stereocenters. The SMILES string of the molecule is CCCNC1CCN(CC(C)c2ccccc2)C(C)C1C. The van der Waals surface area contributed by atoms with Gasteiger partial charge in [0.05, 0.1) is 0 Å². The molecular weight excluding hydrogens is 256 g/mol. The van der Waals surface area contributed by atoms with Crippen LogP contribution in [0.5, 0.6) is 0 Å². The fourth-order valence-electron chi connectivity index (χ4n) is 3.55. The van der Waals surface area contributed by atoms with E-state index in [1.807, 2.05) is 0 Å². The average Bonchev–Trinajstić information content (AvgIpc) is 2.52. The number of piperidine rings is 1. The van der Waals surface area contributed by atoms with E-state index in [4.69, 9.17) is 0 Å². The Bertz CT molecular complexity index is 403. The Morgan fingerprint density at radius 2 is 1.95 bits per heavy atom. The zero-order valence-corrected chi connectivity index (χ0v) is 14.2. The summed E-state index contributed by atoms with van der Waals surface area (Å²) in [5, 5.41) is 3.73. The van der Waals surface area contributed by atoms with E-state index in [-0.39, 0.29) is 0 Å². The Balaban J connectivity index is 1.90. The zero-order valence-electron chi connectivity index (χ0n) is 14.2. The van der Waals surface area contributed by atoms with Crippen molar-refractivity contribution in [2.75, 3.05) is 19.6 Å². The minimum Gasteiger partial charge on any atom is -0.314 e. The third-order valence-electron chi connectivity index (χ3n) is 5.23. The molecule has 1 fully saturated rings. The van der Waals surface area contributed by atoms with Crippen LogP contribution in [0.2, 0.25) is 0 Å². The van der Waals surface area contributed by atoms with Gasteiger partial charge >= 0.3 is 0 Å². The van der Waals surface area contributed by atoms with Crippen LogP contribution >= 0.6 is 0 Å². The summed E-state index contributed by atoms with van der Waals surface area (Å²) < 4.78 is 0. The van der Waals surface area contributed by atoms with Gasteiger partial charge in [-0.15, -0.1) is 0 Å². The molecule has 0 aromatic heterocycles. The lowest BCUT2D eigenvalue weighted by atomic mass is 9.86. The fraction of sp³-hybridized carbons (Fsp3) is 0.684. The highest BCUT2D eigenvalue weighted by Gasteiger charge is 2.32. The number of benzene rings is 1. The third-order valence-corrected chi connectivity index (χ3v) is 5.23. The molecule has 118 valence electrons. The number of rotatable bonds is 6. The van der Waals surface area contributed by atoms with Gasteiger partial charge in [-0.05, 0) is 50.3 Å². The quantitative estimate of drug-likeness (QED) is 0.854. The topological polar surface area (TPSA) is 15.3 Å². The summed E-state index contributed by atoms with van der Waals surface area (Å²) in [5.74, 6) is 1.34. The number of likely N-dealkylation sites (tertiary alicyclic amines) is 1. The maximum atomic E-state index is 3.73. The van der Waals surface area contributed by atoms with Crippen LogP contribution in [0.4, 0.5) is 0 Å². The van der Waals surface area contributed by atoms with Crippen molar-refractivity contribution in [1.29, 1.82) is 0 Å². The van der Waals surface area contributed by atoms with Crippen molar-refractivity contribution >= 4 is 0 Å². The molecule has 0 aliphatic carbocycles. The van der Waals surface area contributed by atoms with Crippen molar-refractivity contribution in [2.24, 2.45) is 5.92 Å². The van der Waals surface area contributed by atoms with E-state index < -0.39 is 0 Å². The first-order valence-corrected chi connectivity index (χ1v) is 8.65. The van der Waals surface area contributed by atoms with Crippen molar-refractivity contribution in [2.45, 2.75) is 58.5 Å². The van der Waals surface area contributed by atoms with Gasteiger partial charge < -0.3 is 5.32 Å². The molecule has 1 N–H and O–H groups in total. The van der Waals surface area contributed by atoms with Crippen molar-refractivity contribution in [3.05, 3.63) is 35.9 Å². The van der Waals surface area contributed by atoms with Gasteiger partial charge in [0.1, 0.15) is 0 Å². The molecule has 0 spiro atoms. The van der Waals surface area contributed by atoms with Gasteiger partial charge in [-0.3, -0.25) is 4.90 Å². The Morgan fingerprint density at radius 3 is 2.62 bits per heavy atom. The van der Waals surface area contributed by atoms with E-state index in [0.29, 0.717) is 18.0 Å². The molecule has 1 heterocycles. The molecule has 1 aromatic carbocycles. The molecule has 0 bridgehead atoms. The predicted molar refractivity (Wildman–Crippen MR) is 91.8 cm³/mol. The van der Waals surface area contributed by atoms with E-state index in [2.05, 4.69) is 68.2 Å². The van der Waals surface area contributed by atoms with E-state index in [1.165, 1.54) is 31.5 Å². The standard InChI is InChI=1S/C19H32N2/c1-5-12-20-19-11-13-21(17(4)16(19)3)14-15(2)18-9-7-6-8-10-18/h6-10,15-17,19-20H,5,11-14H2,1-4H3. The summed E-state index contributed by atoms with van der Waals surface area (Å²) >= 11 is 0. The molecule has 4 atom stereocenters. The van der Waals surface area contributed by atoms with E-state index in [0.717, 1.165) is 12.5 Å². The highest BCUT2D eigenvalue weighted by molar-refractivity contribution is 5.19. The van der Waals surface area contributed by atoms with Crippen LogP contribution in [0.3, 0.4) is 0 Å². The lowest BCUT2D eigenvalue weighted by Crippen LogP contribution is -2.54. The first-order valence-electron chi connectivity index (χ1n) is 8.65. The maximum Gasteiger partial charge on any atom is 0.0120 e. The minimum absolute atomic E-state index is 0.612. The Hall–Kier alpha value is -0.860. The van der Waals surface area contributed by atoms with Crippen molar-refractivity contribution in [3.8, 4) is 0 Å². The number of nitrogens with zero attached hydrogens (tertiary/aromatic N) is 1. The summed E-state index contributed by atoms with van der Waals surface area (Å²) in [6.45, 7) is 13.0. The lowest BCUT2D eigenvalue weighted by Gasteiger charge is -2.44. The molecule has 2 heteroatoms. The normalized spacial score (nSPS) is 28.5. The first-order chi connectivity index (χ1) is 10.1. The van der Waals surface area contributed by atoms with Gasteiger partial charge in [-0.2, -0.15) is 0 Å². The van der Waals surface area contributed by atoms with Gasteiger partial charge in [0.2, 0.25) is 0 Å². The smallest absolute Gasteiger partial charge is 0.0120 e. The Labute approximate surface area is 130 Å². The average molecular weight is 288 g/mol. The number of hydrogen-bond acceptors (Lipinski definition) is 2. The van der Waals surface area contributed by atoms with Crippen LogP contribution in [0.25, 0.3) is 0 Å².